The first-order valence-corrected chi connectivity index (χ1v) is 3.84. The van der Waals surface area contributed by atoms with Crippen molar-refractivity contribution >= 4 is 0 Å². The maximum atomic E-state index is 8.96. The minimum absolute atomic E-state index is 0.310. The fraction of sp³-hybridized carbons (Fsp3) is 0.300. The van der Waals surface area contributed by atoms with Crippen LogP contribution in [0.4, 0.5) is 0 Å². The maximum Gasteiger partial charge on any atom is 0.0547 e. The zero-order valence-electron chi connectivity index (χ0n) is 6.70. The van der Waals surface area contributed by atoms with Gasteiger partial charge in [0.1, 0.15) is 0 Å². The van der Waals surface area contributed by atoms with Crippen LogP contribution in [0.15, 0.2) is 30.3 Å². The van der Waals surface area contributed by atoms with Crippen molar-refractivity contribution in [2.45, 2.75) is 19.4 Å². The summed E-state index contributed by atoms with van der Waals surface area (Å²) in [5.74, 6) is 0. The molecule has 1 N–H and O–H groups in total. The molecule has 0 bridgehead atoms. The van der Waals surface area contributed by atoms with Crippen molar-refractivity contribution in [2.75, 3.05) is 0 Å². The van der Waals surface area contributed by atoms with E-state index in [0.29, 0.717) is 0 Å². The lowest BCUT2D eigenvalue weighted by atomic mass is 10.1. The Morgan fingerprint density at radius 1 is 1.36 bits per heavy atom. The predicted octanol–water partition coefficient (Wildman–Crippen LogP) is 1.81. The molecule has 59 valence electrons. The first kappa shape index (κ1) is 8.28. The number of hydrogen-bond donors (Lipinski definition) is 1. The van der Waals surface area contributed by atoms with E-state index in [1.54, 1.807) is 6.92 Å². The summed E-state index contributed by atoms with van der Waals surface area (Å²) in [4.78, 5) is 0. The molecule has 0 aliphatic carbocycles. The Hall–Kier alpha value is -0.820. The minimum atomic E-state index is -0.310. The topological polar surface area (TPSA) is 20.2 Å². The summed E-state index contributed by atoms with van der Waals surface area (Å²) >= 11 is 0. The van der Waals surface area contributed by atoms with Crippen molar-refractivity contribution < 1.29 is 5.11 Å². The van der Waals surface area contributed by atoms with E-state index in [-0.39, 0.29) is 6.10 Å². The van der Waals surface area contributed by atoms with Crippen molar-refractivity contribution in [2.24, 2.45) is 0 Å². The van der Waals surface area contributed by atoms with Crippen molar-refractivity contribution in [3.8, 4) is 0 Å². The highest BCUT2D eigenvalue weighted by Crippen LogP contribution is 2.02. The molecule has 0 aliphatic rings. The average Bonchev–Trinajstić information content (AvgIpc) is 2.03. The Balaban J connectivity index is 2.39. The Morgan fingerprint density at radius 3 is 2.55 bits per heavy atom. The fourth-order valence-electron chi connectivity index (χ4n) is 0.921. The molecule has 1 aromatic rings. The van der Waals surface area contributed by atoms with Crippen molar-refractivity contribution in [1.82, 2.24) is 0 Å². The van der Waals surface area contributed by atoms with Gasteiger partial charge in [-0.15, -0.1) is 0 Å². The molecule has 0 fully saturated rings. The summed E-state index contributed by atoms with van der Waals surface area (Å²) in [7, 11) is 0. The lowest BCUT2D eigenvalue weighted by Gasteiger charge is -2.02. The lowest BCUT2D eigenvalue weighted by molar-refractivity contribution is 0.225. The molecular weight excluding hydrogens is 136 g/mol. The Labute approximate surface area is 67.7 Å². The first-order valence-electron chi connectivity index (χ1n) is 3.84. The standard InChI is InChI=1S/C10H13O/c1-9(11)7-8-10-5-3-2-4-6-10/h2-7,9,11H,8H2,1H3. The van der Waals surface area contributed by atoms with Crippen LogP contribution in [-0.4, -0.2) is 11.2 Å². The highest BCUT2D eigenvalue weighted by molar-refractivity contribution is 5.16. The molecular formula is C10H13O. The zero-order valence-corrected chi connectivity index (χ0v) is 6.70. The second-order valence-corrected chi connectivity index (χ2v) is 2.67. The molecule has 0 saturated heterocycles. The molecule has 0 spiro atoms. The molecule has 1 radical (unpaired) electrons. The maximum absolute atomic E-state index is 8.96. The van der Waals surface area contributed by atoms with Crippen LogP contribution in [0, 0.1) is 6.42 Å². The van der Waals surface area contributed by atoms with Crippen LogP contribution in [-0.2, 0) is 6.42 Å². The van der Waals surface area contributed by atoms with Gasteiger partial charge in [0.2, 0.25) is 0 Å². The zero-order chi connectivity index (χ0) is 8.10. The van der Waals surface area contributed by atoms with Gasteiger partial charge in [0.05, 0.1) is 6.10 Å². The van der Waals surface area contributed by atoms with Crippen LogP contribution in [0.5, 0.6) is 0 Å². The molecule has 1 rings (SSSR count). The van der Waals surface area contributed by atoms with Crippen LogP contribution in [0.25, 0.3) is 0 Å². The summed E-state index contributed by atoms with van der Waals surface area (Å²) in [6.45, 7) is 1.77. The normalized spacial score (nSPS) is 12.9. The van der Waals surface area contributed by atoms with Crippen molar-refractivity contribution in [3.05, 3.63) is 42.3 Å². The van der Waals surface area contributed by atoms with Gasteiger partial charge in [-0.1, -0.05) is 30.3 Å². The highest BCUT2D eigenvalue weighted by Gasteiger charge is 1.96. The number of aliphatic hydroxyl groups is 1. The molecule has 0 aliphatic heterocycles. The van der Waals surface area contributed by atoms with Crippen LogP contribution in [0.2, 0.25) is 0 Å². The first-order chi connectivity index (χ1) is 5.29. The third-order valence-electron chi connectivity index (χ3n) is 1.54. The third kappa shape index (κ3) is 3.19. The van der Waals surface area contributed by atoms with Gasteiger partial charge in [-0.05, 0) is 25.3 Å². The van der Waals surface area contributed by atoms with Crippen molar-refractivity contribution in [1.29, 1.82) is 0 Å². The fourth-order valence-corrected chi connectivity index (χ4v) is 0.921. The molecule has 0 heterocycles. The summed E-state index contributed by atoms with van der Waals surface area (Å²) in [5, 5.41) is 8.96. The van der Waals surface area contributed by atoms with Crippen LogP contribution < -0.4 is 0 Å². The largest absolute Gasteiger partial charge is 0.393 e. The lowest BCUT2D eigenvalue weighted by Crippen LogP contribution is -2.02. The molecule has 0 aromatic heterocycles. The van der Waals surface area contributed by atoms with Gasteiger partial charge >= 0.3 is 0 Å². The molecule has 1 unspecified atom stereocenters. The van der Waals surface area contributed by atoms with E-state index in [4.69, 9.17) is 5.11 Å². The predicted molar refractivity (Wildman–Crippen MR) is 46.1 cm³/mol. The van der Waals surface area contributed by atoms with E-state index in [0.717, 1.165) is 6.42 Å². The van der Waals surface area contributed by atoms with Gasteiger partial charge in [0, 0.05) is 0 Å². The monoisotopic (exact) mass is 149 g/mol. The SMILES string of the molecule is CC(O)[CH]Cc1ccccc1. The number of hydrogen-bond acceptors (Lipinski definition) is 1. The average molecular weight is 149 g/mol. The number of rotatable bonds is 3. The van der Waals surface area contributed by atoms with Gasteiger partial charge in [-0.25, -0.2) is 0 Å². The molecule has 0 amide bonds. The van der Waals surface area contributed by atoms with Gasteiger partial charge in [0.15, 0.2) is 0 Å². The summed E-state index contributed by atoms with van der Waals surface area (Å²) in [6, 6.07) is 10.1. The van der Waals surface area contributed by atoms with Gasteiger partial charge < -0.3 is 5.11 Å². The summed E-state index contributed by atoms with van der Waals surface area (Å²) in [6.07, 6.45) is 2.42. The van der Waals surface area contributed by atoms with Gasteiger partial charge in [-0.3, -0.25) is 0 Å². The molecule has 1 nitrogen and oxygen atoms in total. The molecule has 11 heavy (non-hydrogen) atoms. The van der Waals surface area contributed by atoms with Crippen molar-refractivity contribution in [3.63, 3.8) is 0 Å². The smallest absolute Gasteiger partial charge is 0.0547 e. The van der Waals surface area contributed by atoms with E-state index in [1.807, 2.05) is 24.6 Å². The van der Waals surface area contributed by atoms with Crippen LogP contribution in [0.1, 0.15) is 12.5 Å². The van der Waals surface area contributed by atoms with Crippen LogP contribution in [0.3, 0.4) is 0 Å². The quantitative estimate of drug-likeness (QED) is 0.695. The van der Waals surface area contributed by atoms with E-state index >= 15 is 0 Å². The summed E-state index contributed by atoms with van der Waals surface area (Å²) < 4.78 is 0. The molecule has 1 atom stereocenters. The summed E-state index contributed by atoms with van der Waals surface area (Å²) in [5.41, 5.74) is 1.24. The van der Waals surface area contributed by atoms with E-state index in [2.05, 4.69) is 12.1 Å². The van der Waals surface area contributed by atoms with E-state index in [9.17, 15) is 0 Å². The van der Waals surface area contributed by atoms with Gasteiger partial charge in [-0.2, -0.15) is 0 Å². The number of aliphatic hydroxyl groups excluding tert-OH is 1. The Morgan fingerprint density at radius 2 is 2.00 bits per heavy atom. The third-order valence-corrected chi connectivity index (χ3v) is 1.54. The Kier molecular flexibility index (Phi) is 3.12. The number of benzene rings is 1. The second-order valence-electron chi connectivity index (χ2n) is 2.67. The van der Waals surface area contributed by atoms with E-state index < -0.39 is 0 Å². The minimum Gasteiger partial charge on any atom is -0.393 e. The molecule has 0 saturated carbocycles. The molecule has 1 aromatic carbocycles. The molecule has 1 heteroatoms. The Bertz CT molecular complexity index is 191. The van der Waals surface area contributed by atoms with Gasteiger partial charge in [0.25, 0.3) is 0 Å². The highest BCUT2D eigenvalue weighted by atomic mass is 16.3. The second kappa shape index (κ2) is 4.14. The van der Waals surface area contributed by atoms with E-state index in [1.165, 1.54) is 5.56 Å². The van der Waals surface area contributed by atoms with Crippen LogP contribution >= 0.6 is 0 Å².